The predicted molar refractivity (Wildman–Crippen MR) is 112 cm³/mol. The molecule has 2 amide bonds. The van der Waals surface area contributed by atoms with Gasteiger partial charge in [-0.2, -0.15) is 0 Å². The third-order valence-electron chi connectivity index (χ3n) is 3.98. The lowest BCUT2D eigenvalue weighted by Gasteiger charge is -2.16. The molecule has 0 radical (unpaired) electrons. The first kappa shape index (κ1) is 20.4. The van der Waals surface area contributed by atoms with Crippen LogP contribution in [0.2, 0.25) is 0 Å². The molecule has 0 fully saturated rings. The van der Waals surface area contributed by atoms with Crippen LogP contribution in [0, 0.1) is 13.8 Å². The summed E-state index contributed by atoms with van der Waals surface area (Å²) in [5, 5.41) is 5.95. The van der Waals surface area contributed by atoms with E-state index in [2.05, 4.69) is 28.4 Å². The molecule has 2 aromatic carbocycles. The molecule has 0 unspecified atom stereocenters. The minimum atomic E-state index is -0.402. The van der Waals surface area contributed by atoms with E-state index in [0.717, 1.165) is 28.8 Å². The maximum absolute atomic E-state index is 12.0. The van der Waals surface area contributed by atoms with Gasteiger partial charge in [0, 0.05) is 11.3 Å². The average Bonchev–Trinajstić information content (AvgIpc) is 2.66. The summed E-state index contributed by atoms with van der Waals surface area (Å²) in [6, 6.07) is 13.2. The number of carbonyl (C=O) groups excluding carboxylic acids is 2. The van der Waals surface area contributed by atoms with Crippen LogP contribution >= 0.6 is 12.2 Å². The summed E-state index contributed by atoms with van der Waals surface area (Å²) < 4.78 is 0. The number of hydrogen-bond acceptors (Lipinski definition) is 3. The van der Waals surface area contributed by atoms with E-state index in [4.69, 9.17) is 12.2 Å². The second-order valence-electron chi connectivity index (χ2n) is 6.14. The van der Waals surface area contributed by atoms with Crippen molar-refractivity contribution < 1.29 is 9.59 Å². The van der Waals surface area contributed by atoms with Crippen LogP contribution in [-0.2, 0) is 11.2 Å². The molecular formula is C20H24N4O2S. The second kappa shape index (κ2) is 9.68. The van der Waals surface area contributed by atoms with E-state index in [1.54, 1.807) is 18.2 Å². The lowest BCUT2D eigenvalue weighted by Crippen LogP contribution is -2.47. The van der Waals surface area contributed by atoms with Gasteiger partial charge in [0.05, 0.1) is 6.54 Å². The number of aryl methyl sites for hydroxylation is 3. The summed E-state index contributed by atoms with van der Waals surface area (Å²) in [6.07, 6.45) is 0.865. The molecule has 2 aromatic rings. The normalized spacial score (nSPS) is 10.0. The van der Waals surface area contributed by atoms with Gasteiger partial charge >= 0.3 is 0 Å². The summed E-state index contributed by atoms with van der Waals surface area (Å²) in [6.45, 7) is 5.80. The summed E-state index contributed by atoms with van der Waals surface area (Å²) in [5.74, 6) is -0.706. The van der Waals surface area contributed by atoms with Crippen molar-refractivity contribution in [1.82, 2.24) is 16.2 Å². The van der Waals surface area contributed by atoms with E-state index < -0.39 is 5.91 Å². The zero-order valence-corrected chi connectivity index (χ0v) is 16.5. The zero-order valence-electron chi connectivity index (χ0n) is 15.7. The molecule has 0 saturated carbocycles. The smallest absolute Gasteiger partial charge is 0.257 e. The molecule has 0 bridgehead atoms. The van der Waals surface area contributed by atoms with Crippen molar-refractivity contribution in [3.8, 4) is 0 Å². The molecule has 0 aliphatic rings. The van der Waals surface area contributed by atoms with E-state index in [0.29, 0.717) is 5.56 Å². The highest BCUT2D eigenvalue weighted by Crippen LogP contribution is 2.20. The maximum atomic E-state index is 12.0. The highest BCUT2D eigenvalue weighted by molar-refractivity contribution is 7.80. The van der Waals surface area contributed by atoms with Gasteiger partial charge in [0.25, 0.3) is 11.8 Å². The molecule has 142 valence electrons. The Bertz CT molecular complexity index is 852. The van der Waals surface area contributed by atoms with Crippen LogP contribution in [0.5, 0.6) is 0 Å². The third kappa shape index (κ3) is 6.07. The van der Waals surface area contributed by atoms with Gasteiger partial charge in [-0.15, -0.1) is 0 Å². The first-order chi connectivity index (χ1) is 12.9. The zero-order chi connectivity index (χ0) is 19.8. The molecule has 2 rings (SSSR count). The number of anilines is 1. The van der Waals surface area contributed by atoms with Crippen molar-refractivity contribution in [2.24, 2.45) is 0 Å². The SMILES string of the molecule is CCc1cccc(C)c1NC(=S)NNC(=O)CNC(=O)c1cccc(C)c1. The van der Waals surface area contributed by atoms with Gasteiger partial charge < -0.3 is 10.6 Å². The molecule has 6 nitrogen and oxygen atoms in total. The van der Waals surface area contributed by atoms with Gasteiger partial charge in [-0.05, 0) is 55.7 Å². The van der Waals surface area contributed by atoms with Gasteiger partial charge in [-0.3, -0.25) is 20.4 Å². The number of thiocarbonyl (C=S) groups is 1. The van der Waals surface area contributed by atoms with Gasteiger partial charge in [-0.25, -0.2) is 0 Å². The average molecular weight is 385 g/mol. The lowest BCUT2D eigenvalue weighted by molar-refractivity contribution is -0.120. The van der Waals surface area contributed by atoms with Crippen LogP contribution in [0.3, 0.4) is 0 Å². The standard InChI is InChI=1S/C20H24N4O2S/c1-4-15-9-6-8-14(3)18(15)22-20(27)24-23-17(25)12-21-19(26)16-10-5-7-13(2)11-16/h5-11H,4,12H2,1-3H3,(H,21,26)(H,23,25)(H2,22,24,27). The fraction of sp³-hybridized carbons (Fsp3) is 0.250. The predicted octanol–water partition coefficient (Wildman–Crippen LogP) is 2.61. The van der Waals surface area contributed by atoms with Crippen molar-refractivity contribution in [3.63, 3.8) is 0 Å². The lowest BCUT2D eigenvalue weighted by atomic mass is 10.1. The number of hydrazine groups is 1. The molecule has 0 heterocycles. The van der Waals surface area contributed by atoms with Crippen LogP contribution in [0.25, 0.3) is 0 Å². The van der Waals surface area contributed by atoms with Crippen molar-refractivity contribution in [3.05, 3.63) is 64.7 Å². The van der Waals surface area contributed by atoms with E-state index in [9.17, 15) is 9.59 Å². The number of benzene rings is 2. The Morgan fingerprint density at radius 3 is 2.48 bits per heavy atom. The van der Waals surface area contributed by atoms with Gasteiger partial charge in [0.1, 0.15) is 0 Å². The fourth-order valence-electron chi connectivity index (χ4n) is 2.57. The molecule has 7 heteroatoms. The molecular weight excluding hydrogens is 360 g/mol. The van der Waals surface area contributed by atoms with E-state index in [1.807, 2.05) is 38.1 Å². The molecule has 0 aliphatic heterocycles. The van der Waals surface area contributed by atoms with Crippen molar-refractivity contribution in [1.29, 1.82) is 0 Å². The third-order valence-corrected chi connectivity index (χ3v) is 4.19. The maximum Gasteiger partial charge on any atom is 0.257 e. The van der Waals surface area contributed by atoms with Gasteiger partial charge in [0.15, 0.2) is 5.11 Å². The minimum absolute atomic E-state index is 0.160. The quantitative estimate of drug-likeness (QED) is 0.471. The molecule has 4 N–H and O–H groups in total. The molecule has 0 atom stereocenters. The summed E-state index contributed by atoms with van der Waals surface area (Å²) in [4.78, 5) is 24.0. The number of rotatable bonds is 5. The number of para-hydroxylation sites is 1. The van der Waals surface area contributed by atoms with E-state index >= 15 is 0 Å². The highest BCUT2D eigenvalue weighted by atomic mass is 32.1. The molecule has 0 spiro atoms. The van der Waals surface area contributed by atoms with Crippen LogP contribution in [0.1, 0.15) is 34.0 Å². The Hall–Kier alpha value is -2.93. The largest absolute Gasteiger partial charge is 0.343 e. The van der Waals surface area contributed by atoms with Crippen LogP contribution < -0.4 is 21.5 Å². The first-order valence-corrected chi connectivity index (χ1v) is 9.10. The van der Waals surface area contributed by atoms with Crippen molar-refractivity contribution in [2.45, 2.75) is 27.2 Å². The highest BCUT2D eigenvalue weighted by Gasteiger charge is 2.09. The van der Waals surface area contributed by atoms with Crippen molar-refractivity contribution in [2.75, 3.05) is 11.9 Å². The summed E-state index contributed by atoms with van der Waals surface area (Å²) in [5.41, 5.74) is 9.75. The number of carbonyl (C=O) groups is 2. The Morgan fingerprint density at radius 2 is 1.78 bits per heavy atom. The van der Waals surface area contributed by atoms with E-state index in [-0.39, 0.29) is 17.6 Å². The Labute approximate surface area is 164 Å². The first-order valence-electron chi connectivity index (χ1n) is 8.70. The van der Waals surface area contributed by atoms with Gasteiger partial charge in [0.2, 0.25) is 0 Å². The fourth-order valence-corrected chi connectivity index (χ4v) is 2.72. The summed E-state index contributed by atoms with van der Waals surface area (Å²) >= 11 is 5.22. The number of amides is 2. The molecule has 0 aromatic heterocycles. The Morgan fingerprint density at radius 1 is 1.04 bits per heavy atom. The molecule has 27 heavy (non-hydrogen) atoms. The monoisotopic (exact) mass is 384 g/mol. The molecule has 0 aliphatic carbocycles. The minimum Gasteiger partial charge on any atom is -0.343 e. The van der Waals surface area contributed by atoms with Crippen LogP contribution in [0.15, 0.2) is 42.5 Å². The van der Waals surface area contributed by atoms with Gasteiger partial charge in [-0.1, -0.05) is 42.8 Å². The van der Waals surface area contributed by atoms with Crippen LogP contribution in [-0.4, -0.2) is 23.5 Å². The van der Waals surface area contributed by atoms with Crippen molar-refractivity contribution >= 4 is 34.8 Å². The summed E-state index contributed by atoms with van der Waals surface area (Å²) in [7, 11) is 0. The topological polar surface area (TPSA) is 82.3 Å². The Balaban J connectivity index is 1.80. The van der Waals surface area contributed by atoms with E-state index in [1.165, 1.54) is 0 Å². The second-order valence-corrected chi connectivity index (χ2v) is 6.55. The number of hydrogen-bond donors (Lipinski definition) is 4. The molecule has 0 saturated heterocycles. The Kier molecular flexibility index (Phi) is 7.31. The number of nitrogens with one attached hydrogen (secondary N) is 4. The van der Waals surface area contributed by atoms with Crippen LogP contribution in [0.4, 0.5) is 5.69 Å².